The monoisotopic (exact) mass is 299 g/mol. The highest BCUT2D eigenvalue weighted by molar-refractivity contribution is 6.31. The highest BCUT2D eigenvalue weighted by Crippen LogP contribution is 2.27. The number of rotatable bonds is 6. The van der Waals surface area contributed by atoms with Crippen LogP contribution in [0.1, 0.15) is 13.3 Å². The van der Waals surface area contributed by atoms with E-state index in [4.69, 9.17) is 16.7 Å². The van der Waals surface area contributed by atoms with Crippen LogP contribution in [-0.2, 0) is 0 Å². The number of nitrogens with one attached hydrogen (secondary N) is 2. The van der Waals surface area contributed by atoms with Crippen LogP contribution in [0, 0.1) is 5.92 Å². The van der Waals surface area contributed by atoms with Gasteiger partial charge in [-0.25, -0.2) is 4.79 Å². The summed E-state index contributed by atoms with van der Waals surface area (Å²) in [6, 6.07) is 5.07. The molecule has 0 heterocycles. The number of amides is 2. The lowest BCUT2D eigenvalue weighted by molar-refractivity contribution is 0.243. The molecule has 0 bridgehead atoms. The first-order valence-electron chi connectivity index (χ1n) is 6.56. The zero-order valence-electron chi connectivity index (χ0n) is 12.1. The van der Waals surface area contributed by atoms with E-state index in [-0.39, 0.29) is 18.6 Å². The molecular weight excluding hydrogens is 278 g/mol. The van der Waals surface area contributed by atoms with Crippen molar-refractivity contribution in [3.05, 3.63) is 23.2 Å². The standard InChI is InChI=1S/C14H22ClN3O2/c1-10(6-7-19)9-16-14(20)17-12-8-11(15)4-5-13(12)18(2)3/h4-5,8,10,19H,6-7,9H2,1-3H3,(H2,16,17,20). The fraction of sp³-hybridized carbons (Fsp3) is 0.500. The van der Waals surface area contributed by atoms with Crippen molar-refractivity contribution in [3.8, 4) is 0 Å². The summed E-state index contributed by atoms with van der Waals surface area (Å²) in [5.74, 6) is 0.235. The van der Waals surface area contributed by atoms with Crippen molar-refractivity contribution in [1.29, 1.82) is 0 Å². The summed E-state index contributed by atoms with van der Waals surface area (Å²) in [7, 11) is 3.80. The summed E-state index contributed by atoms with van der Waals surface area (Å²) in [6.45, 7) is 2.62. The van der Waals surface area contributed by atoms with E-state index >= 15 is 0 Å². The van der Waals surface area contributed by atoms with Crippen molar-refractivity contribution in [3.63, 3.8) is 0 Å². The minimum absolute atomic E-state index is 0.129. The van der Waals surface area contributed by atoms with Crippen molar-refractivity contribution in [1.82, 2.24) is 5.32 Å². The molecule has 0 saturated heterocycles. The Bertz CT molecular complexity index is 452. The Kier molecular flexibility index (Phi) is 6.61. The van der Waals surface area contributed by atoms with Gasteiger partial charge in [-0.3, -0.25) is 0 Å². The normalized spacial score (nSPS) is 11.8. The first-order chi connectivity index (χ1) is 9.43. The zero-order chi connectivity index (χ0) is 15.1. The number of aliphatic hydroxyl groups is 1. The van der Waals surface area contributed by atoms with Crippen molar-refractivity contribution in [2.24, 2.45) is 5.92 Å². The van der Waals surface area contributed by atoms with Crippen molar-refractivity contribution in [2.75, 3.05) is 37.5 Å². The van der Waals surface area contributed by atoms with Crippen molar-refractivity contribution in [2.45, 2.75) is 13.3 Å². The van der Waals surface area contributed by atoms with Crippen LogP contribution >= 0.6 is 11.6 Å². The molecule has 1 unspecified atom stereocenters. The van der Waals surface area contributed by atoms with E-state index in [0.717, 1.165) is 5.69 Å². The summed E-state index contributed by atoms with van der Waals surface area (Å²) >= 11 is 5.96. The Morgan fingerprint density at radius 2 is 2.15 bits per heavy atom. The van der Waals surface area contributed by atoms with E-state index in [1.807, 2.05) is 32.0 Å². The molecular formula is C14H22ClN3O2. The third-order valence-electron chi connectivity index (χ3n) is 2.92. The number of urea groups is 1. The molecule has 1 atom stereocenters. The van der Waals surface area contributed by atoms with Gasteiger partial charge in [0, 0.05) is 32.3 Å². The number of carbonyl (C=O) groups is 1. The van der Waals surface area contributed by atoms with Crippen LogP contribution in [0.5, 0.6) is 0 Å². The Balaban J connectivity index is 2.63. The van der Waals surface area contributed by atoms with Gasteiger partial charge in [-0.1, -0.05) is 18.5 Å². The summed E-state index contributed by atoms with van der Waals surface area (Å²) in [6.07, 6.45) is 0.667. The van der Waals surface area contributed by atoms with Gasteiger partial charge in [0.05, 0.1) is 11.4 Å². The second kappa shape index (κ2) is 7.97. The van der Waals surface area contributed by atoms with Crippen LogP contribution in [0.3, 0.4) is 0 Å². The van der Waals surface area contributed by atoms with Crippen LogP contribution in [0.4, 0.5) is 16.2 Å². The third-order valence-corrected chi connectivity index (χ3v) is 3.16. The zero-order valence-corrected chi connectivity index (χ0v) is 12.9. The predicted molar refractivity (Wildman–Crippen MR) is 83.7 cm³/mol. The first kappa shape index (κ1) is 16.6. The van der Waals surface area contributed by atoms with Gasteiger partial charge in [-0.15, -0.1) is 0 Å². The average Bonchev–Trinajstić information content (AvgIpc) is 2.36. The summed E-state index contributed by atoms with van der Waals surface area (Å²) in [4.78, 5) is 13.8. The molecule has 0 aliphatic heterocycles. The minimum atomic E-state index is -0.278. The van der Waals surface area contributed by atoms with Crippen LogP contribution < -0.4 is 15.5 Å². The third kappa shape index (κ3) is 5.27. The number of anilines is 2. The number of hydrogen-bond acceptors (Lipinski definition) is 3. The smallest absolute Gasteiger partial charge is 0.319 e. The minimum Gasteiger partial charge on any atom is -0.396 e. The SMILES string of the molecule is CC(CCO)CNC(=O)Nc1cc(Cl)ccc1N(C)C. The Morgan fingerprint density at radius 3 is 2.75 bits per heavy atom. The van der Waals surface area contributed by atoms with Gasteiger partial charge in [-0.2, -0.15) is 0 Å². The molecule has 6 heteroatoms. The first-order valence-corrected chi connectivity index (χ1v) is 6.94. The van der Waals surface area contributed by atoms with Crippen LogP contribution in [0.2, 0.25) is 5.02 Å². The van der Waals surface area contributed by atoms with Gasteiger partial charge in [0.2, 0.25) is 0 Å². The molecule has 0 spiro atoms. The molecule has 1 aromatic rings. The lowest BCUT2D eigenvalue weighted by Crippen LogP contribution is -2.33. The topological polar surface area (TPSA) is 64.6 Å². The summed E-state index contributed by atoms with van der Waals surface area (Å²) in [5.41, 5.74) is 1.54. The summed E-state index contributed by atoms with van der Waals surface area (Å²) in [5, 5.41) is 15.0. The average molecular weight is 300 g/mol. The molecule has 112 valence electrons. The van der Waals surface area contributed by atoms with Crippen LogP contribution in [0.25, 0.3) is 0 Å². The number of hydrogen-bond donors (Lipinski definition) is 3. The quantitative estimate of drug-likeness (QED) is 0.756. The Morgan fingerprint density at radius 1 is 1.45 bits per heavy atom. The van der Waals surface area contributed by atoms with Crippen molar-refractivity contribution < 1.29 is 9.90 Å². The maximum atomic E-state index is 11.9. The van der Waals surface area contributed by atoms with E-state index in [2.05, 4.69) is 10.6 Å². The molecule has 1 rings (SSSR count). The van der Waals surface area contributed by atoms with Crippen LogP contribution in [0.15, 0.2) is 18.2 Å². The Hall–Kier alpha value is -1.46. The van der Waals surface area contributed by atoms with Crippen LogP contribution in [-0.4, -0.2) is 38.4 Å². The van der Waals surface area contributed by atoms with Gasteiger partial charge < -0.3 is 20.6 Å². The Labute approximate surface area is 124 Å². The number of halogens is 1. The molecule has 1 aromatic carbocycles. The number of carbonyl (C=O) groups excluding carboxylic acids is 1. The molecule has 3 N–H and O–H groups in total. The molecule has 0 fully saturated rings. The molecule has 0 aromatic heterocycles. The van der Waals surface area contributed by atoms with E-state index < -0.39 is 0 Å². The number of benzene rings is 1. The maximum Gasteiger partial charge on any atom is 0.319 e. The van der Waals surface area contributed by atoms with E-state index in [1.54, 1.807) is 12.1 Å². The highest BCUT2D eigenvalue weighted by atomic mass is 35.5. The molecule has 20 heavy (non-hydrogen) atoms. The van der Waals surface area contributed by atoms with E-state index in [0.29, 0.717) is 23.7 Å². The molecule has 0 saturated carbocycles. The molecule has 2 amide bonds. The largest absolute Gasteiger partial charge is 0.396 e. The molecule has 0 aliphatic carbocycles. The fourth-order valence-corrected chi connectivity index (χ4v) is 1.93. The molecule has 0 radical (unpaired) electrons. The lowest BCUT2D eigenvalue weighted by atomic mass is 10.1. The van der Waals surface area contributed by atoms with E-state index in [1.165, 1.54) is 0 Å². The van der Waals surface area contributed by atoms with Crippen molar-refractivity contribution >= 4 is 29.0 Å². The van der Waals surface area contributed by atoms with Gasteiger partial charge >= 0.3 is 6.03 Å². The second-order valence-corrected chi connectivity index (χ2v) is 5.44. The second-order valence-electron chi connectivity index (χ2n) is 5.01. The predicted octanol–water partition coefficient (Wildman–Crippen LogP) is 2.55. The highest BCUT2D eigenvalue weighted by Gasteiger charge is 2.10. The number of aliphatic hydroxyl groups excluding tert-OH is 1. The molecule has 5 nitrogen and oxygen atoms in total. The van der Waals surface area contributed by atoms with Gasteiger partial charge in [-0.05, 0) is 30.5 Å². The lowest BCUT2D eigenvalue weighted by Gasteiger charge is -2.19. The fourth-order valence-electron chi connectivity index (χ4n) is 1.75. The summed E-state index contributed by atoms with van der Waals surface area (Å²) < 4.78 is 0. The number of nitrogens with zero attached hydrogens (tertiary/aromatic N) is 1. The van der Waals surface area contributed by atoms with Gasteiger partial charge in [0.15, 0.2) is 0 Å². The van der Waals surface area contributed by atoms with Gasteiger partial charge in [0.25, 0.3) is 0 Å². The van der Waals surface area contributed by atoms with E-state index in [9.17, 15) is 4.79 Å². The maximum absolute atomic E-state index is 11.9. The molecule has 0 aliphatic rings. The van der Waals surface area contributed by atoms with Gasteiger partial charge in [0.1, 0.15) is 0 Å².